The lowest BCUT2D eigenvalue weighted by Crippen LogP contribution is -2.57. The standard InChI is InChI=1S/C11H16N2O4/c1-7-9(14)12-11(16)13(10(7)15)4-5-17-6-8-2-3-8/h7-8H,2-6H2,1H3,(H,12,14,16). The zero-order valence-electron chi connectivity index (χ0n) is 9.77. The lowest BCUT2D eigenvalue weighted by molar-refractivity contribution is -0.142. The Morgan fingerprint density at radius 1 is 1.35 bits per heavy atom. The third-order valence-corrected chi connectivity index (χ3v) is 3.01. The van der Waals surface area contributed by atoms with E-state index in [0.717, 1.165) is 4.90 Å². The van der Waals surface area contributed by atoms with Crippen molar-refractivity contribution in [1.82, 2.24) is 10.2 Å². The Bertz CT molecular complexity index is 351. The summed E-state index contributed by atoms with van der Waals surface area (Å²) in [5.41, 5.74) is 0. The van der Waals surface area contributed by atoms with Gasteiger partial charge in [-0.3, -0.25) is 19.8 Å². The van der Waals surface area contributed by atoms with Crippen molar-refractivity contribution in [1.29, 1.82) is 0 Å². The zero-order chi connectivity index (χ0) is 12.4. The number of carbonyl (C=O) groups excluding carboxylic acids is 3. The molecule has 4 amide bonds. The Morgan fingerprint density at radius 2 is 2.06 bits per heavy atom. The van der Waals surface area contributed by atoms with Crippen LogP contribution in [0.25, 0.3) is 0 Å². The van der Waals surface area contributed by atoms with Gasteiger partial charge in [-0.05, 0) is 25.7 Å². The summed E-state index contributed by atoms with van der Waals surface area (Å²) in [6.45, 7) is 2.71. The van der Waals surface area contributed by atoms with E-state index >= 15 is 0 Å². The summed E-state index contributed by atoms with van der Waals surface area (Å²) in [6, 6.07) is -0.645. The Labute approximate surface area is 99.3 Å². The van der Waals surface area contributed by atoms with Gasteiger partial charge in [0, 0.05) is 6.61 Å². The van der Waals surface area contributed by atoms with Gasteiger partial charge in [0.1, 0.15) is 5.92 Å². The van der Waals surface area contributed by atoms with E-state index in [1.54, 1.807) is 0 Å². The van der Waals surface area contributed by atoms with Crippen LogP contribution in [0.15, 0.2) is 0 Å². The van der Waals surface area contributed by atoms with E-state index in [1.807, 2.05) is 0 Å². The van der Waals surface area contributed by atoms with Crippen LogP contribution in [-0.4, -0.2) is 42.5 Å². The van der Waals surface area contributed by atoms with Gasteiger partial charge in [0.2, 0.25) is 11.8 Å². The first-order valence-corrected chi connectivity index (χ1v) is 5.83. The normalized spacial score (nSPS) is 25.1. The van der Waals surface area contributed by atoms with Crippen LogP contribution in [0, 0.1) is 11.8 Å². The number of nitrogens with zero attached hydrogens (tertiary/aromatic N) is 1. The van der Waals surface area contributed by atoms with Crippen molar-refractivity contribution in [2.45, 2.75) is 19.8 Å². The van der Waals surface area contributed by atoms with Crippen molar-refractivity contribution >= 4 is 17.8 Å². The third kappa shape index (κ3) is 2.82. The fourth-order valence-electron chi connectivity index (χ4n) is 1.63. The smallest absolute Gasteiger partial charge is 0.330 e. The average molecular weight is 240 g/mol. The molecule has 94 valence electrons. The molecule has 2 fully saturated rings. The number of hydrogen-bond donors (Lipinski definition) is 1. The zero-order valence-corrected chi connectivity index (χ0v) is 9.77. The van der Waals surface area contributed by atoms with E-state index in [4.69, 9.17) is 4.74 Å². The summed E-state index contributed by atoms with van der Waals surface area (Å²) < 4.78 is 5.36. The number of barbiturate groups is 1. The highest BCUT2D eigenvalue weighted by molar-refractivity contribution is 6.15. The van der Waals surface area contributed by atoms with Crippen molar-refractivity contribution in [3.8, 4) is 0 Å². The van der Waals surface area contributed by atoms with Crippen LogP contribution < -0.4 is 5.32 Å². The van der Waals surface area contributed by atoms with Crippen LogP contribution in [0.5, 0.6) is 0 Å². The maximum Gasteiger partial charge on any atom is 0.330 e. The first kappa shape index (κ1) is 12.0. The SMILES string of the molecule is CC1C(=O)NC(=O)N(CCOCC2CC2)C1=O. The molecule has 0 bridgehead atoms. The van der Waals surface area contributed by atoms with Gasteiger partial charge in [0.15, 0.2) is 0 Å². The molecule has 1 saturated heterocycles. The molecule has 1 heterocycles. The average Bonchev–Trinajstić information content (AvgIpc) is 3.09. The predicted octanol–water partition coefficient (Wildman–Crippen LogP) is 0.127. The lowest BCUT2D eigenvalue weighted by atomic mass is 10.1. The molecule has 1 atom stereocenters. The predicted molar refractivity (Wildman–Crippen MR) is 58.0 cm³/mol. The quantitative estimate of drug-likeness (QED) is 0.547. The Hall–Kier alpha value is -1.43. The first-order chi connectivity index (χ1) is 8.09. The molecule has 6 nitrogen and oxygen atoms in total. The largest absolute Gasteiger partial charge is 0.379 e. The summed E-state index contributed by atoms with van der Waals surface area (Å²) in [5, 5.41) is 2.14. The van der Waals surface area contributed by atoms with E-state index in [2.05, 4.69) is 5.32 Å². The van der Waals surface area contributed by atoms with E-state index < -0.39 is 23.8 Å². The second-order valence-electron chi connectivity index (χ2n) is 4.52. The number of hydrogen-bond acceptors (Lipinski definition) is 4. The van der Waals surface area contributed by atoms with Crippen LogP contribution in [0.4, 0.5) is 4.79 Å². The Balaban J connectivity index is 1.79. The molecular weight excluding hydrogens is 224 g/mol. The van der Waals surface area contributed by atoms with Gasteiger partial charge in [-0.25, -0.2) is 4.79 Å². The van der Waals surface area contributed by atoms with Crippen LogP contribution in [-0.2, 0) is 14.3 Å². The number of urea groups is 1. The summed E-state index contributed by atoms with van der Waals surface area (Å²) in [6.07, 6.45) is 2.41. The number of imide groups is 2. The minimum atomic E-state index is -0.795. The molecule has 1 saturated carbocycles. The molecule has 2 rings (SSSR count). The van der Waals surface area contributed by atoms with Gasteiger partial charge in [0.25, 0.3) is 0 Å². The summed E-state index contributed by atoms with van der Waals surface area (Å²) in [5.74, 6) is -1.12. The van der Waals surface area contributed by atoms with E-state index in [0.29, 0.717) is 19.1 Å². The van der Waals surface area contributed by atoms with Crippen LogP contribution in [0.1, 0.15) is 19.8 Å². The molecular formula is C11H16N2O4. The maximum absolute atomic E-state index is 11.7. The summed E-state index contributed by atoms with van der Waals surface area (Å²) >= 11 is 0. The van der Waals surface area contributed by atoms with Crippen LogP contribution in [0.3, 0.4) is 0 Å². The Morgan fingerprint density at radius 3 is 2.71 bits per heavy atom. The second-order valence-corrected chi connectivity index (χ2v) is 4.52. The number of ether oxygens (including phenoxy) is 1. The molecule has 1 unspecified atom stereocenters. The van der Waals surface area contributed by atoms with Crippen molar-refractivity contribution in [3.63, 3.8) is 0 Å². The van der Waals surface area contributed by atoms with Crippen molar-refractivity contribution in [3.05, 3.63) is 0 Å². The summed E-state index contributed by atoms with van der Waals surface area (Å²) in [7, 11) is 0. The highest BCUT2D eigenvalue weighted by atomic mass is 16.5. The van der Waals surface area contributed by atoms with E-state index in [1.165, 1.54) is 19.8 Å². The van der Waals surface area contributed by atoms with E-state index in [-0.39, 0.29) is 6.54 Å². The molecule has 1 aliphatic heterocycles. The number of carbonyl (C=O) groups is 3. The second kappa shape index (κ2) is 4.83. The summed E-state index contributed by atoms with van der Waals surface area (Å²) in [4.78, 5) is 35.3. The van der Waals surface area contributed by atoms with Gasteiger partial charge in [-0.2, -0.15) is 0 Å². The topological polar surface area (TPSA) is 75.7 Å². The molecule has 0 aromatic rings. The highest BCUT2D eigenvalue weighted by Gasteiger charge is 2.37. The van der Waals surface area contributed by atoms with Gasteiger partial charge in [-0.1, -0.05) is 0 Å². The fourth-order valence-corrected chi connectivity index (χ4v) is 1.63. The number of nitrogens with one attached hydrogen (secondary N) is 1. The molecule has 1 aliphatic carbocycles. The van der Waals surface area contributed by atoms with Crippen LogP contribution >= 0.6 is 0 Å². The van der Waals surface area contributed by atoms with Crippen molar-refractivity contribution in [2.75, 3.05) is 19.8 Å². The van der Waals surface area contributed by atoms with Crippen molar-refractivity contribution in [2.24, 2.45) is 11.8 Å². The van der Waals surface area contributed by atoms with Gasteiger partial charge >= 0.3 is 6.03 Å². The lowest BCUT2D eigenvalue weighted by Gasteiger charge is -2.28. The minimum Gasteiger partial charge on any atom is -0.379 e. The monoisotopic (exact) mass is 240 g/mol. The number of rotatable bonds is 5. The Kier molecular flexibility index (Phi) is 3.42. The number of amides is 4. The van der Waals surface area contributed by atoms with E-state index in [9.17, 15) is 14.4 Å². The molecule has 17 heavy (non-hydrogen) atoms. The van der Waals surface area contributed by atoms with Gasteiger partial charge < -0.3 is 4.74 Å². The maximum atomic E-state index is 11.7. The molecule has 0 aromatic carbocycles. The van der Waals surface area contributed by atoms with Gasteiger partial charge in [-0.15, -0.1) is 0 Å². The first-order valence-electron chi connectivity index (χ1n) is 5.83. The highest BCUT2D eigenvalue weighted by Crippen LogP contribution is 2.28. The molecule has 0 radical (unpaired) electrons. The van der Waals surface area contributed by atoms with Crippen molar-refractivity contribution < 1.29 is 19.1 Å². The third-order valence-electron chi connectivity index (χ3n) is 3.01. The van der Waals surface area contributed by atoms with Gasteiger partial charge in [0.05, 0.1) is 13.2 Å². The van der Waals surface area contributed by atoms with Crippen LogP contribution in [0.2, 0.25) is 0 Å². The molecule has 6 heteroatoms. The molecule has 0 spiro atoms. The molecule has 2 aliphatic rings. The minimum absolute atomic E-state index is 0.203. The fraction of sp³-hybridized carbons (Fsp3) is 0.727. The molecule has 0 aromatic heterocycles. The molecule has 1 N–H and O–H groups in total.